The summed E-state index contributed by atoms with van der Waals surface area (Å²) >= 11 is 2.80. The molecule has 0 saturated carbocycles. The summed E-state index contributed by atoms with van der Waals surface area (Å²) in [5.74, 6) is -0.435. The average Bonchev–Trinajstić information content (AvgIpc) is 3.38. The van der Waals surface area contributed by atoms with E-state index in [0.717, 1.165) is 20.3 Å². The smallest absolute Gasteiger partial charge is 0.316 e. The summed E-state index contributed by atoms with van der Waals surface area (Å²) in [7, 11) is -3.03. The Kier molecular flexibility index (Phi) is 6.23. The lowest BCUT2D eigenvalue weighted by Crippen LogP contribution is -2.17. The maximum Gasteiger partial charge on any atom is 0.316 e. The predicted molar refractivity (Wildman–Crippen MR) is 122 cm³/mol. The highest BCUT2D eigenvalue weighted by Crippen LogP contribution is 2.30. The minimum absolute atomic E-state index is 0.0755. The number of thioether (sulfide) groups is 1. The van der Waals surface area contributed by atoms with Gasteiger partial charge in [-0.2, -0.15) is 0 Å². The highest BCUT2D eigenvalue weighted by Gasteiger charge is 2.31. The molecule has 0 N–H and O–H groups in total. The topological polar surface area (TPSA) is 95.3 Å². The van der Waals surface area contributed by atoms with Crippen LogP contribution < -0.4 is 0 Å². The third-order valence-corrected chi connectivity index (χ3v) is 9.21. The molecule has 1 aliphatic rings. The van der Waals surface area contributed by atoms with Crippen molar-refractivity contribution in [2.45, 2.75) is 30.6 Å². The second-order valence-electron chi connectivity index (χ2n) is 7.53. The van der Waals surface area contributed by atoms with Crippen LogP contribution in [0.1, 0.15) is 34.2 Å². The molecule has 1 aromatic carbocycles. The number of ether oxygens (including phenoxy) is 1. The van der Waals surface area contributed by atoms with Crippen LogP contribution in [0, 0.1) is 13.8 Å². The van der Waals surface area contributed by atoms with Crippen LogP contribution in [0.25, 0.3) is 10.2 Å². The van der Waals surface area contributed by atoms with Crippen molar-refractivity contribution in [3.63, 3.8) is 0 Å². The number of fused-ring (bicyclic) bond motifs is 1. The Bertz CT molecular complexity index is 1230. The fourth-order valence-corrected chi connectivity index (χ4v) is 7.47. The predicted octanol–water partition coefficient (Wildman–Crippen LogP) is 3.59. The molecule has 164 valence electrons. The van der Waals surface area contributed by atoms with Gasteiger partial charge >= 0.3 is 5.97 Å². The normalized spacial score (nSPS) is 17.8. The van der Waals surface area contributed by atoms with Crippen molar-refractivity contribution < 1.29 is 22.7 Å². The molecule has 0 bridgehead atoms. The number of Topliss-reactive ketones (excluding diaryl/α,β-unsaturated/α-hetero) is 1. The van der Waals surface area contributed by atoms with E-state index in [1.807, 2.05) is 35.8 Å². The van der Waals surface area contributed by atoms with Gasteiger partial charge in [-0.3, -0.25) is 9.59 Å². The van der Waals surface area contributed by atoms with Gasteiger partial charge in [0.15, 0.2) is 20.8 Å². The van der Waals surface area contributed by atoms with Crippen molar-refractivity contribution in [1.29, 1.82) is 0 Å². The van der Waals surface area contributed by atoms with Gasteiger partial charge in [-0.1, -0.05) is 23.9 Å². The Morgan fingerprint density at radius 2 is 2.06 bits per heavy atom. The van der Waals surface area contributed by atoms with E-state index in [9.17, 15) is 18.0 Å². The van der Waals surface area contributed by atoms with Crippen LogP contribution >= 0.6 is 23.1 Å². The van der Waals surface area contributed by atoms with Gasteiger partial charge in [-0.15, -0.1) is 11.3 Å². The van der Waals surface area contributed by atoms with Crippen LogP contribution in [0.4, 0.5) is 0 Å². The summed E-state index contributed by atoms with van der Waals surface area (Å²) < 4.78 is 32.6. The number of carbonyl (C=O) groups excluding carboxylic acids is 2. The van der Waals surface area contributed by atoms with Gasteiger partial charge in [0.25, 0.3) is 0 Å². The number of nitrogens with zero attached hydrogens (tertiary/aromatic N) is 2. The van der Waals surface area contributed by atoms with E-state index < -0.39 is 15.8 Å². The van der Waals surface area contributed by atoms with E-state index in [4.69, 9.17) is 4.74 Å². The van der Waals surface area contributed by atoms with Crippen LogP contribution in [-0.4, -0.2) is 53.6 Å². The van der Waals surface area contributed by atoms with E-state index in [2.05, 4.69) is 4.98 Å². The van der Waals surface area contributed by atoms with Crippen LogP contribution in [0.3, 0.4) is 0 Å². The number of esters is 1. The molecule has 1 saturated heterocycles. The summed E-state index contributed by atoms with van der Waals surface area (Å²) in [5, 5.41) is 0. The molecule has 1 aliphatic heterocycles. The van der Waals surface area contributed by atoms with Gasteiger partial charge in [0.05, 0.1) is 27.5 Å². The number of aromatic nitrogens is 2. The number of aryl methyl sites for hydroxylation is 1. The van der Waals surface area contributed by atoms with Gasteiger partial charge in [-0.05, 0) is 38.5 Å². The quantitative estimate of drug-likeness (QED) is 0.291. The molecule has 4 rings (SSSR count). The first-order valence-electron chi connectivity index (χ1n) is 9.79. The second-order valence-corrected chi connectivity index (χ2v) is 12.0. The molecule has 7 nitrogen and oxygen atoms in total. The number of thiazole rings is 1. The maximum absolute atomic E-state index is 12.6. The Balaban J connectivity index is 1.34. The van der Waals surface area contributed by atoms with Crippen molar-refractivity contribution in [3.8, 4) is 0 Å². The van der Waals surface area contributed by atoms with Gasteiger partial charge in [0.2, 0.25) is 5.78 Å². The van der Waals surface area contributed by atoms with E-state index in [0.29, 0.717) is 17.7 Å². The molecule has 0 amide bonds. The van der Waals surface area contributed by atoms with Crippen LogP contribution in [0.15, 0.2) is 34.7 Å². The zero-order valence-electron chi connectivity index (χ0n) is 17.2. The molecule has 1 fully saturated rings. The van der Waals surface area contributed by atoms with Crippen molar-refractivity contribution in [2.75, 3.05) is 23.9 Å². The molecule has 10 heteroatoms. The molecule has 0 aliphatic carbocycles. The SMILES string of the molecule is Cc1cc(C(=O)COC(=O)CSc2nc3ccccc3s2)c(C)n1[C@@H]1CCS(=O)(=O)C1. The van der Waals surface area contributed by atoms with Crippen LogP contribution in [0.2, 0.25) is 0 Å². The van der Waals surface area contributed by atoms with Crippen LogP contribution in [0.5, 0.6) is 0 Å². The van der Waals surface area contributed by atoms with E-state index >= 15 is 0 Å². The number of rotatable bonds is 7. The molecule has 0 radical (unpaired) electrons. The summed E-state index contributed by atoms with van der Waals surface area (Å²) in [4.78, 5) is 29.2. The number of ketones is 1. The number of benzene rings is 1. The van der Waals surface area contributed by atoms with Gasteiger partial charge in [0.1, 0.15) is 0 Å². The minimum atomic E-state index is -3.03. The third-order valence-electron chi connectivity index (χ3n) is 5.31. The minimum Gasteiger partial charge on any atom is -0.457 e. The van der Waals surface area contributed by atoms with Gasteiger partial charge < -0.3 is 9.30 Å². The van der Waals surface area contributed by atoms with Crippen molar-refractivity contribution in [1.82, 2.24) is 9.55 Å². The van der Waals surface area contributed by atoms with E-state index in [1.54, 1.807) is 13.0 Å². The number of hydrogen-bond acceptors (Lipinski definition) is 8. The first-order valence-corrected chi connectivity index (χ1v) is 13.4. The zero-order valence-corrected chi connectivity index (χ0v) is 19.6. The van der Waals surface area contributed by atoms with Crippen molar-refractivity contribution in [2.24, 2.45) is 0 Å². The number of sulfone groups is 1. The molecular formula is C21H22N2O5S3. The van der Waals surface area contributed by atoms with Gasteiger partial charge in [-0.25, -0.2) is 13.4 Å². The Hall–Kier alpha value is -2.17. The summed E-state index contributed by atoms with van der Waals surface area (Å²) in [6.45, 7) is 3.32. The summed E-state index contributed by atoms with van der Waals surface area (Å²) in [5.41, 5.74) is 2.91. The monoisotopic (exact) mass is 478 g/mol. The molecule has 0 unspecified atom stereocenters. The molecular weight excluding hydrogens is 456 g/mol. The first-order chi connectivity index (χ1) is 14.7. The highest BCUT2D eigenvalue weighted by molar-refractivity contribution is 8.01. The third kappa shape index (κ3) is 4.86. The van der Waals surface area contributed by atoms with Crippen molar-refractivity contribution >= 4 is 54.9 Å². The van der Waals surface area contributed by atoms with E-state index in [1.165, 1.54) is 23.1 Å². The second kappa shape index (κ2) is 8.76. The van der Waals surface area contributed by atoms with Crippen LogP contribution in [-0.2, 0) is 19.4 Å². The maximum atomic E-state index is 12.6. The Morgan fingerprint density at radius 3 is 2.77 bits per heavy atom. The Morgan fingerprint density at radius 1 is 1.29 bits per heavy atom. The number of carbonyl (C=O) groups is 2. The standard InChI is InChI=1S/C21H22N2O5S3/c1-13-9-16(14(2)23(13)15-7-8-31(26,27)12-15)18(24)10-28-20(25)11-29-21-22-17-5-3-4-6-19(17)30-21/h3-6,9,15H,7-8,10-12H2,1-2H3/t15-/m1/s1. The summed E-state index contributed by atoms with van der Waals surface area (Å²) in [6, 6.07) is 9.35. The molecule has 31 heavy (non-hydrogen) atoms. The molecule has 1 atom stereocenters. The lowest BCUT2D eigenvalue weighted by molar-refractivity contribution is -0.139. The molecule has 3 heterocycles. The largest absolute Gasteiger partial charge is 0.457 e. The lowest BCUT2D eigenvalue weighted by atomic mass is 10.1. The van der Waals surface area contributed by atoms with Crippen molar-refractivity contribution in [3.05, 3.63) is 47.3 Å². The fraction of sp³-hybridized carbons (Fsp3) is 0.381. The van der Waals surface area contributed by atoms with Gasteiger partial charge in [0, 0.05) is 23.0 Å². The van der Waals surface area contributed by atoms with E-state index in [-0.39, 0.29) is 35.7 Å². The molecule has 2 aromatic heterocycles. The fourth-order valence-electron chi connectivity index (χ4n) is 3.90. The molecule has 3 aromatic rings. The molecule has 0 spiro atoms. The first kappa shape index (κ1) is 22.0. The number of para-hydroxylation sites is 1. The average molecular weight is 479 g/mol. The Labute approximate surface area is 188 Å². The number of hydrogen-bond donors (Lipinski definition) is 0. The lowest BCUT2D eigenvalue weighted by Gasteiger charge is -2.16. The summed E-state index contributed by atoms with van der Waals surface area (Å²) in [6.07, 6.45) is 0.546. The highest BCUT2D eigenvalue weighted by atomic mass is 32.2. The zero-order chi connectivity index (χ0) is 22.2.